The van der Waals surface area contributed by atoms with Crippen molar-refractivity contribution in [2.75, 3.05) is 10.0 Å². The molecule has 4 N–H and O–H groups in total. The van der Waals surface area contributed by atoms with Crippen LogP contribution in [-0.2, 0) is 16.7 Å². The van der Waals surface area contributed by atoms with E-state index >= 15 is 0 Å². The third-order valence-electron chi connectivity index (χ3n) is 4.85. The van der Waals surface area contributed by atoms with Gasteiger partial charge in [-0.25, -0.2) is 14.8 Å². The van der Waals surface area contributed by atoms with E-state index < -0.39 is 16.3 Å². The van der Waals surface area contributed by atoms with E-state index in [1.807, 2.05) is 17.0 Å². The molecule has 0 bridgehead atoms. The number of oxazole rings is 1. The lowest BCUT2D eigenvalue weighted by Gasteiger charge is -2.16. The topological polar surface area (TPSA) is 155 Å². The van der Waals surface area contributed by atoms with Gasteiger partial charge >= 0.3 is 16.3 Å². The highest BCUT2D eigenvalue weighted by Crippen LogP contribution is 2.28. The Morgan fingerprint density at radius 2 is 1.85 bits per heavy atom. The van der Waals surface area contributed by atoms with Crippen molar-refractivity contribution < 1.29 is 27.3 Å². The van der Waals surface area contributed by atoms with E-state index in [1.165, 1.54) is 23.5 Å². The van der Waals surface area contributed by atoms with Crippen molar-refractivity contribution in [3.63, 3.8) is 0 Å². The maximum Gasteiger partial charge on any atom is 0.357 e. The molecule has 0 saturated carbocycles. The van der Waals surface area contributed by atoms with Crippen molar-refractivity contribution in [2.45, 2.75) is 19.4 Å². The SMILES string of the molecule is Cc1nc([C@H](Cc2ccc(NS(=O)(=O)O)cc2)Nc2ncc(-c3ccc(C(=O)O)cc3)o2)cs1. The summed E-state index contributed by atoms with van der Waals surface area (Å²) < 4.78 is 38.8. The maximum absolute atomic E-state index is 11.0. The lowest BCUT2D eigenvalue weighted by molar-refractivity contribution is 0.0697. The molecule has 2 heterocycles. The fourth-order valence-electron chi connectivity index (χ4n) is 3.26. The molecule has 0 fully saturated rings. The second-order valence-corrected chi connectivity index (χ2v) is 9.60. The van der Waals surface area contributed by atoms with E-state index in [2.05, 4.69) is 15.3 Å². The molecule has 12 heteroatoms. The fourth-order valence-corrected chi connectivity index (χ4v) is 4.36. The molecular weight excluding hydrogens is 480 g/mol. The highest BCUT2D eigenvalue weighted by molar-refractivity contribution is 7.87. The third-order valence-corrected chi connectivity index (χ3v) is 6.14. The Bertz CT molecular complexity index is 1400. The molecule has 10 nitrogen and oxygen atoms in total. The number of hydrogen-bond acceptors (Lipinski definition) is 8. The maximum atomic E-state index is 11.0. The van der Waals surface area contributed by atoms with Gasteiger partial charge < -0.3 is 14.8 Å². The van der Waals surface area contributed by atoms with E-state index in [-0.39, 0.29) is 23.3 Å². The van der Waals surface area contributed by atoms with Crippen LogP contribution in [-0.4, -0.2) is 34.0 Å². The summed E-state index contributed by atoms with van der Waals surface area (Å²) in [5.74, 6) is -0.525. The molecule has 0 amide bonds. The van der Waals surface area contributed by atoms with Crippen molar-refractivity contribution in [1.82, 2.24) is 9.97 Å². The summed E-state index contributed by atoms with van der Waals surface area (Å²) in [4.78, 5) is 19.9. The minimum absolute atomic E-state index is 0.179. The van der Waals surface area contributed by atoms with Crippen molar-refractivity contribution >= 4 is 39.3 Å². The number of aryl methyl sites for hydroxylation is 1. The minimum Gasteiger partial charge on any atom is -0.478 e. The van der Waals surface area contributed by atoms with Crippen LogP contribution in [0.4, 0.5) is 11.7 Å². The van der Waals surface area contributed by atoms with Gasteiger partial charge in [0.2, 0.25) is 0 Å². The first-order chi connectivity index (χ1) is 16.2. The number of benzene rings is 2. The summed E-state index contributed by atoms with van der Waals surface area (Å²) in [7, 11) is -4.34. The van der Waals surface area contributed by atoms with Gasteiger partial charge in [0.25, 0.3) is 6.01 Å². The van der Waals surface area contributed by atoms with Crippen molar-refractivity contribution in [3.8, 4) is 11.3 Å². The number of aromatic carboxylic acids is 1. The number of carboxylic acid groups (broad SMARTS) is 1. The van der Waals surface area contributed by atoms with Gasteiger partial charge in [-0.15, -0.1) is 11.3 Å². The Morgan fingerprint density at radius 3 is 2.44 bits per heavy atom. The molecule has 0 unspecified atom stereocenters. The fraction of sp³-hybridized carbons (Fsp3) is 0.136. The van der Waals surface area contributed by atoms with Gasteiger partial charge in [-0.05, 0) is 43.2 Å². The standard InChI is InChI=1S/C22H20N4O6S2/c1-13-24-19(12-33-13)18(10-14-2-8-17(9-3-14)26-34(29,30)31)25-22-23-11-20(32-22)15-4-6-16(7-5-15)21(27)28/h2-9,11-12,18,26H,10H2,1H3,(H,23,25)(H,27,28)(H,29,30,31)/t18-/m0/s1. The number of anilines is 2. The normalized spacial score (nSPS) is 12.3. The minimum atomic E-state index is -4.34. The zero-order valence-electron chi connectivity index (χ0n) is 17.8. The first kappa shape index (κ1) is 23.4. The highest BCUT2D eigenvalue weighted by atomic mass is 32.2. The van der Waals surface area contributed by atoms with Gasteiger partial charge in [0.15, 0.2) is 5.76 Å². The Hall–Kier alpha value is -3.74. The van der Waals surface area contributed by atoms with E-state index in [0.29, 0.717) is 17.7 Å². The highest BCUT2D eigenvalue weighted by Gasteiger charge is 2.19. The van der Waals surface area contributed by atoms with Crippen molar-refractivity contribution in [2.24, 2.45) is 0 Å². The van der Waals surface area contributed by atoms with Gasteiger partial charge in [0, 0.05) is 10.9 Å². The molecule has 0 spiro atoms. The van der Waals surface area contributed by atoms with Crippen LogP contribution >= 0.6 is 11.3 Å². The van der Waals surface area contributed by atoms with Gasteiger partial charge in [-0.2, -0.15) is 8.42 Å². The van der Waals surface area contributed by atoms with Crippen LogP contribution in [0, 0.1) is 6.92 Å². The summed E-state index contributed by atoms with van der Waals surface area (Å²) in [6, 6.07) is 12.9. The van der Waals surface area contributed by atoms with Crippen LogP contribution in [0.5, 0.6) is 0 Å². The average molecular weight is 501 g/mol. The Labute approximate surface area is 199 Å². The number of hydrogen-bond donors (Lipinski definition) is 4. The molecule has 176 valence electrons. The molecule has 0 aliphatic rings. The van der Waals surface area contributed by atoms with Crippen molar-refractivity contribution in [1.29, 1.82) is 0 Å². The number of aromatic nitrogens is 2. The molecule has 0 saturated heterocycles. The second kappa shape index (κ2) is 9.63. The van der Waals surface area contributed by atoms with Gasteiger partial charge in [-0.1, -0.05) is 24.3 Å². The first-order valence-corrected chi connectivity index (χ1v) is 12.3. The van der Waals surface area contributed by atoms with Crippen LogP contribution < -0.4 is 10.0 Å². The zero-order chi connectivity index (χ0) is 24.3. The quantitative estimate of drug-likeness (QED) is 0.244. The average Bonchev–Trinajstić information content (AvgIpc) is 3.43. The third kappa shape index (κ3) is 5.98. The molecule has 1 atom stereocenters. The predicted octanol–water partition coefficient (Wildman–Crippen LogP) is 4.42. The lowest BCUT2D eigenvalue weighted by Crippen LogP contribution is -2.15. The molecule has 2 aromatic carbocycles. The summed E-state index contributed by atoms with van der Waals surface area (Å²) >= 11 is 1.51. The van der Waals surface area contributed by atoms with Crippen LogP contribution in [0.2, 0.25) is 0 Å². The number of nitrogens with one attached hydrogen (secondary N) is 2. The molecule has 0 aliphatic heterocycles. The monoisotopic (exact) mass is 500 g/mol. The van der Waals surface area contributed by atoms with Crippen LogP contribution in [0.15, 0.2) is 64.5 Å². The van der Waals surface area contributed by atoms with Gasteiger partial charge in [-0.3, -0.25) is 9.27 Å². The molecule has 4 rings (SSSR count). The zero-order valence-corrected chi connectivity index (χ0v) is 19.4. The second-order valence-electron chi connectivity index (χ2n) is 7.38. The first-order valence-electron chi connectivity index (χ1n) is 9.98. The smallest absolute Gasteiger partial charge is 0.357 e. The summed E-state index contributed by atoms with van der Waals surface area (Å²) in [6.45, 7) is 1.91. The van der Waals surface area contributed by atoms with Crippen molar-refractivity contribution in [3.05, 3.63) is 81.9 Å². The van der Waals surface area contributed by atoms with E-state index in [0.717, 1.165) is 16.3 Å². The molecule has 2 aromatic heterocycles. The summed E-state index contributed by atoms with van der Waals surface area (Å²) in [5.41, 5.74) is 2.80. The number of carbonyl (C=O) groups is 1. The molecule has 0 radical (unpaired) electrons. The van der Waals surface area contributed by atoms with Crippen LogP contribution in [0.25, 0.3) is 11.3 Å². The Kier molecular flexibility index (Phi) is 6.63. The molecular formula is C22H20N4O6S2. The summed E-state index contributed by atoms with van der Waals surface area (Å²) in [5, 5.41) is 15.1. The largest absolute Gasteiger partial charge is 0.478 e. The van der Waals surface area contributed by atoms with Crippen LogP contribution in [0.3, 0.4) is 0 Å². The van der Waals surface area contributed by atoms with E-state index in [9.17, 15) is 13.2 Å². The lowest BCUT2D eigenvalue weighted by atomic mass is 10.0. The number of rotatable bonds is 9. The molecule has 4 aromatic rings. The van der Waals surface area contributed by atoms with E-state index in [4.69, 9.17) is 14.1 Å². The Balaban J connectivity index is 1.53. The van der Waals surface area contributed by atoms with Gasteiger partial charge in [0.1, 0.15) is 0 Å². The molecule has 0 aliphatic carbocycles. The number of carboxylic acids is 1. The van der Waals surface area contributed by atoms with Crippen LogP contribution in [0.1, 0.15) is 32.7 Å². The predicted molar refractivity (Wildman–Crippen MR) is 127 cm³/mol. The van der Waals surface area contributed by atoms with Gasteiger partial charge in [0.05, 0.1) is 34.2 Å². The summed E-state index contributed by atoms with van der Waals surface area (Å²) in [6.07, 6.45) is 2.05. The number of nitrogens with zero attached hydrogens (tertiary/aromatic N) is 2. The Morgan fingerprint density at radius 1 is 1.15 bits per heavy atom. The van der Waals surface area contributed by atoms with E-state index in [1.54, 1.807) is 42.6 Å². The number of thiazole rings is 1. The molecule has 34 heavy (non-hydrogen) atoms.